The van der Waals surface area contributed by atoms with Gasteiger partial charge in [0.15, 0.2) is 0 Å². The Balaban J connectivity index is 2.26. The first-order chi connectivity index (χ1) is 8.97. The van der Waals surface area contributed by atoms with Crippen LogP contribution in [-0.2, 0) is 0 Å². The summed E-state index contributed by atoms with van der Waals surface area (Å²) in [7, 11) is 3.37. The van der Waals surface area contributed by atoms with Crippen LogP contribution in [0.2, 0.25) is 0 Å². The molecule has 1 aliphatic heterocycles. The fraction of sp³-hybridized carbons (Fsp3) is 0.600. The van der Waals surface area contributed by atoms with Crippen molar-refractivity contribution in [2.45, 2.75) is 26.3 Å². The predicted molar refractivity (Wildman–Crippen MR) is 78.1 cm³/mol. The first-order valence-corrected chi connectivity index (χ1v) is 6.70. The minimum absolute atomic E-state index is 0.164. The Hall–Kier alpha value is -1.42. The van der Waals surface area contributed by atoms with E-state index < -0.39 is 0 Å². The summed E-state index contributed by atoms with van der Waals surface area (Å²) in [6.45, 7) is 6.30. The Morgan fingerprint density at radius 3 is 2.58 bits per heavy atom. The average molecular weight is 264 g/mol. The molecule has 0 aliphatic carbocycles. The van der Waals surface area contributed by atoms with Gasteiger partial charge in [-0.25, -0.2) is 0 Å². The van der Waals surface area contributed by atoms with Crippen molar-refractivity contribution in [1.82, 2.24) is 0 Å². The first kappa shape index (κ1) is 14.0. The summed E-state index contributed by atoms with van der Waals surface area (Å²) in [5, 5.41) is 0. The molecule has 1 unspecified atom stereocenters. The predicted octanol–water partition coefficient (Wildman–Crippen LogP) is 2.27. The number of nitrogens with two attached hydrogens (primary N) is 1. The van der Waals surface area contributed by atoms with Crippen LogP contribution < -0.4 is 20.1 Å². The highest BCUT2D eigenvalue weighted by atomic mass is 16.5. The van der Waals surface area contributed by atoms with E-state index >= 15 is 0 Å². The summed E-state index contributed by atoms with van der Waals surface area (Å²) in [5.41, 5.74) is 7.55. The minimum atomic E-state index is 0.164. The standard InChI is InChI=1S/C15H24N2O2/c1-15(2)7-8-17(10-14(15)16)12-9-11(18-3)5-6-13(12)19-4/h5-6,9,14H,7-8,10,16H2,1-4H3. The van der Waals surface area contributed by atoms with Gasteiger partial charge in [0.1, 0.15) is 11.5 Å². The third-order valence-electron chi connectivity index (χ3n) is 4.17. The zero-order valence-corrected chi connectivity index (χ0v) is 12.3. The lowest BCUT2D eigenvalue weighted by molar-refractivity contribution is 0.235. The molecule has 1 heterocycles. The molecule has 4 heteroatoms. The summed E-state index contributed by atoms with van der Waals surface area (Å²) >= 11 is 0. The molecule has 2 N–H and O–H groups in total. The van der Waals surface area contributed by atoms with Gasteiger partial charge in [0.2, 0.25) is 0 Å². The van der Waals surface area contributed by atoms with Crippen LogP contribution in [0.4, 0.5) is 5.69 Å². The largest absolute Gasteiger partial charge is 0.497 e. The molecule has 0 amide bonds. The molecule has 0 radical (unpaired) electrons. The Morgan fingerprint density at radius 2 is 2.00 bits per heavy atom. The minimum Gasteiger partial charge on any atom is -0.497 e. The fourth-order valence-electron chi connectivity index (χ4n) is 2.45. The monoisotopic (exact) mass is 264 g/mol. The van der Waals surface area contributed by atoms with Gasteiger partial charge in [-0.2, -0.15) is 0 Å². The molecule has 0 saturated carbocycles. The van der Waals surface area contributed by atoms with Crippen molar-refractivity contribution in [1.29, 1.82) is 0 Å². The summed E-state index contributed by atoms with van der Waals surface area (Å²) in [4.78, 5) is 2.29. The van der Waals surface area contributed by atoms with Crippen LogP contribution in [0.3, 0.4) is 0 Å². The van der Waals surface area contributed by atoms with Crippen molar-refractivity contribution in [2.75, 3.05) is 32.2 Å². The molecule has 1 saturated heterocycles. The maximum absolute atomic E-state index is 6.29. The highest BCUT2D eigenvalue weighted by molar-refractivity contribution is 5.62. The number of anilines is 1. The highest BCUT2D eigenvalue weighted by Gasteiger charge is 2.33. The van der Waals surface area contributed by atoms with E-state index in [4.69, 9.17) is 15.2 Å². The van der Waals surface area contributed by atoms with Crippen molar-refractivity contribution in [3.05, 3.63) is 18.2 Å². The van der Waals surface area contributed by atoms with E-state index in [1.54, 1.807) is 14.2 Å². The molecule has 0 spiro atoms. The van der Waals surface area contributed by atoms with Crippen LogP contribution in [-0.4, -0.2) is 33.4 Å². The van der Waals surface area contributed by atoms with Crippen LogP contribution in [0.1, 0.15) is 20.3 Å². The summed E-state index contributed by atoms with van der Waals surface area (Å²) in [6, 6.07) is 6.04. The van der Waals surface area contributed by atoms with Crippen LogP contribution >= 0.6 is 0 Å². The highest BCUT2D eigenvalue weighted by Crippen LogP contribution is 2.37. The van der Waals surface area contributed by atoms with Gasteiger partial charge in [-0.05, 0) is 24.0 Å². The van der Waals surface area contributed by atoms with Crippen molar-refractivity contribution in [3.63, 3.8) is 0 Å². The number of rotatable bonds is 3. The lowest BCUT2D eigenvalue weighted by atomic mass is 9.78. The zero-order valence-electron chi connectivity index (χ0n) is 12.3. The molecule has 1 aliphatic rings. The number of hydrogen-bond acceptors (Lipinski definition) is 4. The summed E-state index contributed by atoms with van der Waals surface area (Å²) in [6.07, 6.45) is 1.08. The lowest BCUT2D eigenvalue weighted by Crippen LogP contribution is -2.53. The molecule has 2 rings (SSSR count). The molecular formula is C15H24N2O2. The first-order valence-electron chi connectivity index (χ1n) is 6.70. The average Bonchev–Trinajstić information content (AvgIpc) is 2.41. The van der Waals surface area contributed by atoms with Crippen LogP contribution in [0.15, 0.2) is 18.2 Å². The lowest BCUT2D eigenvalue weighted by Gasteiger charge is -2.43. The van der Waals surface area contributed by atoms with Crippen molar-refractivity contribution in [2.24, 2.45) is 11.1 Å². The van der Waals surface area contributed by atoms with Gasteiger partial charge in [-0.3, -0.25) is 0 Å². The zero-order chi connectivity index (χ0) is 14.0. The van der Waals surface area contributed by atoms with Gasteiger partial charge in [-0.15, -0.1) is 0 Å². The second kappa shape index (κ2) is 5.29. The smallest absolute Gasteiger partial charge is 0.142 e. The van der Waals surface area contributed by atoms with Crippen LogP contribution in [0, 0.1) is 5.41 Å². The Morgan fingerprint density at radius 1 is 1.26 bits per heavy atom. The third kappa shape index (κ3) is 2.78. The third-order valence-corrected chi connectivity index (χ3v) is 4.17. The van der Waals surface area contributed by atoms with Gasteiger partial charge in [0, 0.05) is 25.2 Å². The van der Waals surface area contributed by atoms with Gasteiger partial charge in [-0.1, -0.05) is 13.8 Å². The fourth-order valence-corrected chi connectivity index (χ4v) is 2.45. The Bertz CT molecular complexity index is 446. The van der Waals surface area contributed by atoms with E-state index in [0.29, 0.717) is 0 Å². The number of ether oxygens (including phenoxy) is 2. The van der Waals surface area contributed by atoms with E-state index in [0.717, 1.165) is 36.7 Å². The molecule has 4 nitrogen and oxygen atoms in total. The normalized spacial score (nSPS) is 22.2. The van der Waals surface area contributed by atoms with Crippen LogP contribution in [0.5, 0.6) is 11.5 Å². The summed E-state index contributed by atoms with van der Waals surface area (Å²) in [5.74, 6) is 1.71. The number of nitrogens with zero attached hydrogens (tertiary/aromatic N) is 1. The molecule has 0 bridgehead atoms. The molecule has 1 aromatic carbocycles. The van der Waals surface area contributed by atoms with Crippen molar-refractivity contribution in [3.8, 4) is 11.5 Å². The van der Waals surface area contributed by atoms with Crippen molar-refractivity contribution >= 4 is 5.69 Å². The second-order valence-electron chi connectivity index (χ2n) is 5.83. The molecule has 1 aromatic rings. The van der Waals surface area contributed by atoms with Crippen molar-refractivity contribution < 1.29 is 9.47 Å². The number of methoxy groups -OCH3 is 2. The molecule has 0 aromatic heterocycles. The molecule has 1 atom stereocenters. The van der Waals surface area contributed by atoms with E-state index in [1.165, 1.54) is 0 Å². The second-order valence-corrected chi connectivity index (χ2v) is 5.83. The number of benzene rings is 1. The number of piperidine rings is 1. The van der Waals surface area contributed by atoms with Gasteiger partial charge in [0.05, 0.1) is 19.9 Å². The molecule has 106 valence electrons. The van der Waals surface area contributed by atoms with E-state index in [2.05, 4.69) is 18.7 Å². The van der Waals surface area contributed by atoms with Gasteiger partial charge >= 0.3 is 0 Å². The maximum atomic E-state index is 6.29. The van der Waals surface area contributed by atoms with Crippen LogP contribution in [0.25, 0.3) is 0 Å². The van der Waals surface area contributed by atoms with Gasteiger partial charge in [0.25, 0.3) is 0 Å². The summed E-state index contributed by atoms with van der Waals surface area (Å²) < 4.78 is 10.7. The Labute approximate surface area is 115 Å². The van der Waals surface area contributed by atoms with E-state index in [-0.39, 0.29) is 11.5 Å². The Kier molecular flexibility index (Phi) is 3.90. The number of hydrogen-bond donors (Lipinski definition) is 1. The maximum Gasteiger partial charge on any atom is 0.142 e. The quantitative estimate of drug-likeness (QED) is 0.910. The molecular weight excluding hydrogens is 240 g/mol. The van der Waals surface area contributed by atoms with E-state index in [9.17, 15) is 0 Å². The molecule has 1 fully saturated rings. The van der Waals surface area contributed by atoms with Gasteiger partial charge < -0.3 is 20.1 Å². The van der Waals surface area contributed by atoms with E-state index in [1.807, 2.05) is 18.2 Å². The molecule has 19 heavy (non-hydrogen) atoms. The SMILES string of the molecule is COc1ccc(OC)c(N2CCC(C)(C)C(N)C2)c1. The topological polar surface area (TPSA) is 47.7 Å².